The number of aromatic nitrogens is 5. The van der Waals surface area contributed by atoms with Gasteiger partial charge in [0.15, 0.2) is 11.5 Å². The number of alkyl halides is 3. The third-order valence-corrected chi connectivity index (χ3v) is 5.08. The van der Waals surface area contributed by atoms with Crippen molar-refractivity contribution in [3.63, 3.8) is 0 Å². The van der Waals surface area contributed by atoms with Crippen LogP contribution in [0.4, 0.5) is 23.4 Å². The Morgan fingerprint density at radius 1 is 1.15 bits per heavy atom. The topological polar surface area (TPSA) is 117 Å². The maximum absolute atomic E-state index is 15.3. The zero-order valence-corrected chi connectivity index (χ0v) is 17.8. The van der Waals surface area contributed by atoms with Crippen LogP contribution in [0.5, 0.6) is 0 Å². The largest absolute Gasteiger partial charge is 0.419 e. The van der Waals surface area contributed by atoms with Gasteiger partial charge in [-0.2, -0.15) is 18.3 Å². The van der Waals surface area contributed by atoms with Gasteiger partial charge in [0.05, 0.1) is 35.8 Å². The lowest BCUT2D eigenvalue weighted by Gasteiger charge is -2.20. The van der Waals surface area contributed by atoms with Gasteiger partial charge in [-0.3, -0.25) is 19.7 Å². The van der Waals surface area contributed by atoms with Crippen LogP contribution in [0.3, 0.4) is 0 Å². The number of halogens is 4. The molecule has 1 atom stereocenters. The van der Waals surface area contributed by atoms with Gasteiger partial charge in [0.2, 0.25) is 12.8 Å². The summed E-state index contributed by atoms with van der Waals surface area (Å²) in [6, 6.07) is -1.06. The molecule has 0 radical (unpaired) electrons. The predicted molar refractivity (Wildman–Crippen MR) is 114 cm³/mol. The summed E-state index contributed by atoms with van der Waals surface area (Å²) in [4.78, 5) is 29.5. The van der Waals surface area contributed by atoms with Crippen LogP contribution < -0.4 is 10.6 Å². The number of amides is 2. The first-order valence-corrected chi connectivity index (χ1v) is 10.3. The van der Waals surface area contributed by atoms with E-state index in [1.54, 1.807) is 0 Å². The number of carbonyl (C=O) groups excluding carboxylic acids is 2. The van der Waals surface area contributed by atoms with E-state index in [4.69, 9.17) is 0 Å². The van der Waals surface area contributed by atoms with E-state index in [-0.39, 0.29) is 40.0 Å². The number of hydrogen-bond acceptors (Lipinski definition) is 5. The molecule has 0 spiro atoms. The van der Waals surface area contributed by atoms with Crippen molar-refractivity contribution in [1.29, 1.82) is 0 Å². The first kappa shape index (κ1) is 23.1. The molecule has 9 nitrogen and oxygen atoms in total. The molecule has 3 aromatic heterocycles. The van der Waals surface area contributed by atoms with E-state index in [1.807, 2.05) is 0 Å². The molecular formula is C21H19F4N7O2. The number of fused-ring (bicyclic) bond motifs is 2. The lowest BCUT2D eigenvalue weighted by Crippen LogP contribution is -2.21. The van der Waals surface area contributed by atoms with Crippen molar-refractivity contribution >= 4 is 35.2 Å². The predicted octanol–water partition coefficient (Wildman–Crippen LogP) is 3.98. The highest BCUT2D eigenvalue weighted by Gasteiger charge is 2.41. The number of imidazole rings is 1. The molecule has 0 aliphatic heterocycles. The molecule has 13 heteroatoms. The number of aromatic amines is 1. The average Bonchev–Trinajstić information content (AvgIpc) is 3.48. The van der Waals surface area contributed by atoms with Gasteiger partial charge in [-0.25, -0.2) is 9.37 Å². The van der Waals surface area contributed by atoms with Crippen molar-refractivity contribution in [3.05, 3.63) is 41.7 Å². The Bertz CT molecular complexity index is 1360. The zero-order chi connectivity index (χ0) is 24.5. The minimum Gasteiger partial charge on any atom is -0.352 e. The summed E-state index contributed by atoms with van der Waals surface area (Å²) in [6.07, 6.45) is 5.03. The molecular weight excluding hydrogens is 458 g/mol. The molecule has 1 aliphatic rings. The molecule has 5 rings (SSSR count). The summed E-state index contributed by atoms with van der Waals surface area (Å²) >= 11 is 0. The van der Waals surface area contributed by atoms with Crippen LogP contribution in [0.15, 0.2) is 24.8 Å². The quantitative estimate of drug-likeness (QED) is 0.287. The molecule has 1 aromatic carbocycles. The van der Waals surface area contributed by atoms with Crippen molar-refractivity contribution in [3.8, 4) is 11.3 Å². The van der Waals surface area contributed by atoms with Crippen molar-refractivity contribution < 1.29 is 27.2 Å². The van der Waals surface area contributed by atoms with Crippen LogP contribution >= 0.6 is 0 Å². The fourth-order valence-electron chi connectivity index (χ4n) is 3.45. The maximum Gasteiger partial charge on any atom is 0.419 e. The van der Waals surface area contributed by atoms with Gasteiger partial charge in [-0.05, 0) is 6.92 Å². The van der Waals surface area contributed by atoms with Crippen LogP contribution in [0, 0.1) is 5.82 Å². The monoisotopic (exact) mass is 477 g/mol. The highest BCUT2D eigenvalue weighted by atomic mass is 19.4. The first-order chi connectivity index (χ1) is 16.3. The van der Waals surface area contributed by atoms with E-state index >= 15 is 4.39 Å². The Balaban J connectivity index is 0.000000846. The van der Waals surface area contributed by atoms with Crippen LogP contribution in [-0.4, -0.2) is 37.4 Å². The molecule has 0 saturated heterocycles. The molecule has 1 unspecified atom stereocenters. The number of anilines is 1. The van der Waals surface area contributed by atoms with E-state index in [2.05, 4.69) is 30.8 Å². The van der Waals surface area contributed by atoms with E-state index in [1.165, 1.54) is 49.2 Å². The van der Waals surface area contributed by atoms with Crippen LogP contribution in [0.1, 0.15) is 43.4 Å². The molecule has 4 aromatic rings. The van der Waals surface area contributed by atoms with E-state index in [0.29, 0.717) is 6.41 Å². The second-order valence-corrected chi connectivity index (χ2v) is 7.63. The molecule has 1 aliphatic carbocycles. The van der Waals surface area contributed by atoms with Gasteiger partial charge < -0.3 is 15.0 Å². The Kier molecular flexibility index (Phi) is 6.18. The summed E-state index contributed by atoms with van der Waals surface area (Å²) in [7, 11) is 0. The summed E-state index contributed by atoms with van der Waals surface area (Å²) < 4.78 is 58.7. The molecule has 3 N–H and O–H groups in total. The molecule has 1 saturated carbocycles. The Morgan fingerprint density at radius 2 is 1.88 bits per heavy atom. The van der Waals surface area contributed by atoms with E-state index in [9.17, 15) is 22.8 Å². The smallest absolute Gasteiger partial charge is 0.352 e. The molecule has 1 fully saturated rings. The first-order valence-electron chi connectivity index (χ1n) is 10.3. The minimum absolute atomic E-state index is 0.00168. The molecule has 3 heterocycles. The van der Waals surface area contributed by atoms with Gasteiger partial charge in [-0.15, -0.1) is 0 Å². The van der Waals surface area contributed by atoms with Crippen LogP contribution in [0.25, 0.3) is 27.8 Å². The van der Waals surface area contributed by atoms with Crippen LogP contribution in [0.2, 0.25) is 0 Å². The summed E-state index contributed by atoms with van der Waals surface area (Å²) in [6.45, 7) is 1.35. The number of H-pyrrole nitrogens is 1. The summed E-state index contributed by atoms with van der Waals surface area (Å²) in [5.74, 6) is -1.38. The zero-order valence-electron chi connectivity index (χ0n) is 17.8. The normalized spacial score (nSPS) is 13.8. The highest BCUT2D eigenvalue weighted by molar-refractivity contribution is 5.98. The second-order valence-electron chi connectivity index (χ2n) is 7.63. The van der Waals surface area contributed by atoms with Crippen LogP contribution in [-0.2, 0) is 15.8 Å². The number of hydrogen-bond donors (Lipinski definition) is 3. The third kappa shape index (κ3) is 4.40. The fraction of sp³-hybridized carbons (Fsp3) is 0.286. The summed E-state index contributed by atoms with van der Waals surface area (Å²) in [5, 5.41) is 10.8. The molecule has 2 amide bonds. The number of rotatable bonds is 6. The SMILES string of the molecule is C1CC1.CC(NC=O)c1c(F)c(C(F)(F)F)c(-c2cn3cc(NC=O)nc3cn2)c2cn[nH]c12. The molecule has 178 valence electrons. The van der Waals surface area contributed by atoms with Gasteiger partial charge in [-0.1, -0.05) is 19.3 Å². The summed E-state index contributed by atoms with van der Waals surface area (Å²) in [5.41, 5.74) is -2.37. The number of nitrogens with one attached hydrogen (secondary N) is 3. The lowest BCUT2D eigenvalue weighted by atomic mass is 9.93. The van der Waals surface area contributed by atoms with Crippen molar-refractivity contribution in [1.82, 2.24) is 29.9 Å². The lowest BCUT2D eigenvalue weighted by molar-refractivity contribution is -0.139. The van der Waals surface area contributed by atoms with Crippen molar-refractivity contribution in [2.45, 2.75) is 38.4 Å². The Labute approximate surface area is 189 Å². The number of nitrogens with zero attached hydrogens (tertiary/aromatic N) is 4. The minimum atomic E-state index is -5.07. The maximum atomic E-state index is 15.3. The van der Waals surface area contributed by atoms with Gasteiger partial charge in [0.1, 0.15) is 11.4 Å². The number of benzene rings is 1. The van der Waals surface area contributed by atoms with E-state index < -0.39 is 29.2 Å². The molecule has 0 bridgehead atoms. The standard InChI is InChI=1S/C18H13F4N7O2.C3H6/c1-8(24-6-30)13-16(19)15(18(20,21)22)14(9-2-26-28-17(9)13)10-4-29-5-11(25-7-31)27-12(29)3-23-10;1-2-3-1/h2-8H,1H3,(H,24,30)(H,25,31)(H,26,28);1-3H2. The van der Waals surface area contributed by atoms with Gasteiger partial charge >= 0.3 is 6.18 Å². The van der Waals surface area contributed by atoms with Gasteiger partial charge in [0, 0.05) is 22.7 Å². The average molecular weight is 477 g/mol. The van der Waals surface area contributed by atoms with E-state index in [0.717, 1.165) is 6.20 Å². The van der Waals surface area contributed by atoms with Crippen molar-refractivity contribution in [2.75, 3.05) is 5.32 Å². The molecule has 34 heavy (non-hydrogen) atoms. The Morgan fingerprint density at radius 3 is 2.50 bits per heavy atom. The second kappa shape index (κ2) is 9.08. The fourth-order valence-corrected chi connectivity index (χ4v) is 3.45. The van der Waals surface area contributed by atoms with Crippen molar-refractivity contribution in [2.24, 2.45) is 0 Å². The Hall–Kier alpha value is -4.03. The number of carbonyl (C=O) groups is 2. The highest BCUT2D eigenvalue weighted by Crippen LogP contribution is 2.45. The third-order valence-electron chi connectivity index (χ3n) is 5.08. The van der Waals surface area contributed by atoms with Gasteiger partial charge in [0.25, 0.3) is 0 Å².